The Morgan fingerprint density at radius 3 is 2.30 bits per heavy atom. The van der Waals surface area contributed by atoms with Gasteiger partial charge in [0.2, 0.25) is 0 Å². The third-order valence-electron chi connectivity index (χ3n) is 5.27. The lowest BCUT2D eigenvalue weighted by Crippen LogP contribution is -2.39. The molecule has 27 heavy (non-hydrogen) atoms. The van der Waals surface area contributed by atoms with Gasteiger partial charge in [0, 0.05) is 19.2 Å². The molecular formula is C22H27NO4. The van der Waals surface area contributed by atoms with Crippen LogP contribution in [0.1, 0.15) is 34.3 Å². The number of carbonyl (C=O) groups excluding carboxylic acids is 1. The van der Waals surface area contributed by atoms with Crippen molar-refractivity contribution in [1.29, 1.82) is 0 Å². The summed E-state index contributed by atoms with van der Waals surface area (Å²) in [6, 6.07) is 13.4. The van der Waals surface area contributed by atoms with Gasteiger partial charge in [-0.3, -0.25) is 4.79 Å². The minimum Gasteiger partial charge on any atom is -0.497 e. The van der Waals surface area contributed by atoms with Crippen LogP contribution in [0, 0.1) is 5.92 Å². The van der Waals surface area contributed by atoms with E-state index >= 15 is 0 Å². The van der Waals surface area contributed by atoms with E-state index in [1.54, 1.807) is 32.4 Å². The summed E-state index contributed by atoms with van der Waals surface area (Å²) >= 11 is 0. The van der Waals surface area contributed by atoms with Crippen LogP contribution >= 0.6 is 0 Å². The molecule has 0 aliphatic carbocycles. The Morgan fingerprint density at radius 2 is 1.70 bits per heavy atom. The molecule has 0 radical (unpaired) electrons. The largest absolute Gasteiger partial charge is 0.497 e. The van der Waals surface area contributed by atoms with Gasteiger partial charge in [0.05, 0.1) is 26.4 Å². The average Bonchev–Trinajstić information content (AvgIpc) is 2.73. The van der Waals surface area contributed by atoms with Crippen molar-refractivity contribution in [3.63, 3.8) is 0 Å². The second-order valence-electron chi connectivity index (χ2n) is 6.98. The summed E-state index contributed by atoms with van der Waals surface area (Å²) in [7, 11) is 3.16. The first-order chi connectivity index (χ1) is 13.1. The number of methoxy groups -OCH3 is 2. The van der Waals surface area contributed by atoms with Gasteiger partial charge in [0.1, 0.15) is 11.5 Å². The van der Waals surface area contributed by atoms with Gasteiger partial charge in [0.15, 0.2) is 0 Å². The Balaban J connectivity index is 1.59. The van der Waals surface area contributed by atoms with Crippen molar-refractivity contribution in [3.05, 3.63) is 59.2 Å². The van der Waals surface area contributed by atoms with Crippen LogP contribution in [0.2, 0.25) is 0 Å². The Morgan fingerprint density at radius 1 is 1.04 bits per heavy atom. The zero-order chi connectivity index (χ0) is 19.2. The highest BCUT2D eigenvalue weighted by molar-refractivity contribution is 5.97. The second-order valence-corrected chi connectivity index (χ2v) is 6.98. The third kappa shape index (κ3) is 4.61. The Labute approximate surface area is 160 Å². The predicted octanol–water partition coefficient (Wildman–Crippen LogP) is 3.29. The molecule has 1 amide bonds. The number of rotatable bonds is 6. The first kappa shape index (κ1) is 19.2. The predicted molar refractivity (Wildman–Crippen MR) is 104 cm³/mol. The summed E-state index contributed by atoms with van der Waals surface area (Å²) in [5, 5.41) is 9.14. The highest BCUT2D eigenvalue weighted by Gasteiger charge is 2.25. The molecule has 0 saturated carbocycles. The molecule has 0 aromatic heterocycles. The van der Waals surface area contributed by atoms with E-state index in [1.807, 2.05) is 17.0 Å². The van der Waals surface area contributed by atoms with Crippen molar-refractivity contribution in [2.45, 2.75) is 25.9 Å². The Bertz CT molecular complexity index is 764. The number of hydrogen-bond acceptors (Lipinski definition) is 4. The van der Waals surface area contributed by atoms with E-state index in [0.29, 0.717) is 23.0 Å². The molecule has 2 aromatic carbocycles. The van der Waals surface area contributed by atoms with Crippen molar-refractivity contribution in [3.8, 4) is 11.5 Å². The number of carbonyl (C=O) groups is 1. The maximum Gasteiger partial charge on any atom is 0.257 e. The zero-order valence-corrected chi connectivity index (χ0v) is 16.0. The van der Waals surface area contributed by atoms with E-state index in [9.17, 15) is 4.79 Å². The summed E-state index contributed by atoms with van der Waals surface area (Å²) < 4.78 is 10.6. The van der Waals surface area contributed by atoms with Crippen LogP contribution in [-0.4, -0.2) is 43.2 Å². The minimum absolute atomic E-state index is 0.0141. The van der Waals surface area contributed by atoms with Crippen molar-refractivity contribution in [2.24, 2.45) is 5.92 Å². The van der Waals surface area contributed by atoms with Crippen molar-refractivity contribution in [2.75, 3.05) is 27.3 Å². The van der Waals surface area contributed by atoms with Crippen LogP contribution in [0.15, 0.2) is 42.5 Å². The number of ether oxygens (including phenoxy) is 2. The van der Waals surface area contributed by atoms with Crippen LogP contribution in [0.4, 0.5) is 0 Å². The highest BCUT2D eigenvalue weighted by atomic mass is 16.5. The molecule has 1 N–H and O–H groups in total. The van der Waals surface area contributed by atoms with Gasteiger partial charge >= 0.3 is 0 Å². The molecule has 144 valence electrons. The number of piperidine rings is 1. The second kappa shape index (κ2) is 8.91. The summed E-state index contributed by atoms with van der Waals surface area (Å²) in [6.07, 6.45) is 3.00. The molecule has 0 unspecified atom stereocenters. The molecule has 2 aromatic rings. The van der Waals surface area contributed by atoms with E-state index in [2.05, 4.69) is 12.1 Å². The van der Waals surface area contributed by atoms with E-state index < -0.39 is 0 Å². The van der Waals surface area contributed by atoms with Crippen LogP contribution < -0.4 is 9.47 Å². The van der Waals surface area contributed by atoms with E-state index in [0.717, 1.165) is 37.9 Å². The maximum atomic E-state index is 12.9. The molecule has 5 heteroatoms. The molecule has 0 atom stereocenters. The standard InChI is InChI=1S/C22H27NO4/c1-26-19-7-8-20(21(14-19)27-2)22(25)23-11-9-17(10-12-23)13-16-3-5-18(15-24)6-4-16/h3-8,14,17,24H,9-13,15H2,1-2H3. The monoisotopic (exact) mass is 369 g/mol. The number of aliphatic hydroxyl groups excluding tert-OH is 1. The molecule has 0 spiro atoms. The lowest BCUT2D eigenvalue weighted by Gasteiger charge is -2.32. The van der Waals surface area contributed by atoms with Gasteiger partial charge in [-0.15, -0.1) is 0 Å². The lowest BCUT2D eigenvalue weighted by molar-refractivity contribution is 0.0687. The summed E-state index contributed by atoms with van der Waals surface area (Å²) in [5.74, 6) is 1.81. The molecule has 1 heterocycles. The van der Waals surface area contributed by atoms with E-state index in [-0.39, 0.29) is 12.5 Å². The first-order valence-corrected chi connectivity index (χ1v) is 9.34. The zero-order valence-electron chi connectivity index (χ0n) is 16.0. The van der Waals surface area contributed by atoms with Gasteiger partial charge in [-0.05, 0) is 48.4 Å². The highest BCUT2D eigenvalue weighted by Crippen LogP contribution is 2.28. The van der Waals surface area contributed by atoms with Crippen molar-refractivity contribution in [1.82, 2.24) is 4.90 Å². The summed E-state index contributed by atoms with van der Waals surface area (Å²) in [5.41, 5.74) is 2.80. The maximum absolute atomic E-state index is 12.9. The van der Waals surface area contributed by atoms with Gasteiger partial charge in [-0.2, -0.15) is 0 Å². The number of likely N-dealkylation sites (tertiary alicyclic amines) is 1. The fraction of sp³-hybridized carbons (Fsp3) is 0.409. The van der Waals surface area contributed by atoms with Crippen molar-refractivity contribution >= 4 is 5.91 Å². The number of amides is 1. The molecule has 3 rings (SSSR count). The minimum atomic E-state index is 0.0141. The number of aliphatic hydroxyl groups is 1. The average molecular weight is 369 g/mol. The molecular weight excluding hydrogens is 342 g/mol. The Hall–Kier alpha value is -2.53. The molecule has 1 saturated heterocycles. The fourth-order valence-electron chi connectivity index (χ4n) is 3.60. The quantitative estimate of drug-likeness (QED) is 0.849. The van der Waals surface area contributed by atoms with Crippen LogP contribution in [0.25, 0.3) is 0 Å². The smallest absolute Gasteiger partial charge is 0.257 e. The topological polar surface area (TPSA) is 59.0 Å². The Kier molecular flexibility index (Phi) is 6.35. The molecule has 1 aliphatic heterocycles. The molecule has 1 aliphatic rings. The van der Waals surface area contributed by atoms with Crippen LogP contribution in [-0.2, 0) is 13.0 Å². The van der Waals surface area contributed by atoms with Gasteiger partial charge in [0.25, 0.3) is 5.91 Å². The number of benzene rings is 2. The molecule has 5 nitrogen and oxygen atoms in total. The van der Waals surface area contributed by atoms with E-state index in [1.165, 1.54) is 5.56 Å². The van der Waals surface area contributed by atoms with Gasteiger partial charge < -0.3 is 19.5 Å². The SMILES string of the molecule is COc1ccc(C(=O)N2CCC(Cc3ccc(CO)cc3)CC2)c(OC)c1. The summed E-state index contributed by atoms with van der Waals surface area (Å²) in [4.78, 5) is 14.8. The summed E-state index contributed by atoms with van der Waals surface area (Å²) in [6.45, 7) is 1.59. The van der Waals surface area contributed by atoms with Gasteiger partial charge in [-0.25, -0.2) is 0 Å². The first-order valence-electron chi connectivity index (χ1n) is 9.34. The van der Waals surface area contributed by atoms with Crippen molar-refractivity contribution < 1.29 is 19.4 Å². The van der Waals surface area contributed by atoms with Gasteiger partial charge in [-0.1, -0.05) is 24.3 Å². The molecule has 0 bridgehead atoms. The van der Waals surface area contributed by atoms with E-state index in [4.69, 9.17) is 14.6 Å². The normalized spacial score (nSPS) is 14.9. The van der Waals surface area contributed by atoms with Crippen LogP contribution in [0.3, 0.4) is 0 Å². The number of hydrogen-bond donors (Lipinski definition) is 1. The fourth-order valence-corrected chi connectivity index (χ4v) is 3.60. The third-order valence-corrected chi connectivity index (χ3v) is 5.27. The number of nitrogens with zero attached hydrogens (tertiary/aromatic N) is 1. The van der Waals surface area contributed by atoms with Crippen LogP contribution in [0.5, 0.6) is 11.5 Å². The lowest BCUT2D eigenvalue weighted by atomic mass is 9.89. The molecule has 1 fully saturated rings.